The molecule has 0 saturated carbocycles. The van der Waals surface area contributed by atoms with Crippen LogP contribution in [0, 0.1) is 0 Å². The topological polar surface area (TPSA) is 57.6 Å². The third-order valence-electron chi connectivity index (χ3n) is 5.32. The molecule has 2 aromatic rings. The van der Waals surface area contributed by atoms with Crippen molar-refractivity contribution in [1.29, 1.82) is 0 Å². The minimum absolute atomic E-state index is 0.00369. The second-order valence-corrected chi connectivity index (χ2v) is 9.41. The molecule has 1 aliphatic rings. The first kappa shape index (κ1) is 22.2. The fourth-order valence-corrected chi connectivity index (χ4v) is 4.08. The number of urea groups is 1. The van der Waals surface area contributed by atoms with Crippen LogP contribution in [-0.2, 0) is 11.3 Å². The van der Waals surface area contributed by atoms with Gasteiger partial charge in [0.05, 0.1) is 6.04 Å². The molecule has 0 radical (unpaired) electrons. The maximum atomic E-state index is 13.5. The average Bonchev–Trinajstić information content (AvgIpc) is 3.13. The van der Waals surface area contributed by atoms with E-state index in [1.807, 2.05) is 82.1 Å². The molecule has 1 atom stereocenters. The van der Waals surface area contributed by atoms with Crippen molar-refractivity contribution in [3.05, 3.63) is 58.9 Å². The Morgan fingerprint density at radius 1 is 1.17 bits per heavy atom. The van der Waals surface area contributed by atoms with Crippen molar-refractivity contribution >= 4 is 23.5 Å². The zero-order chi connectivity index (χ0) is 22.1. The molecule has 0 fully saturated rings. The smallest absolute Gasteiger partial charge is 0.318 e. The van der Waals surface area contributed by atoms with E-state index in [1.54, 1.807) is 4.90 Å². The number of benzene rings is 1. The van der Waals surface area contributed by atoms with Gasteiger partial charge >= 0.3 is 6.03 Å². The number of carbonyl (C=O) groups excluding carboxylic acids is 2. The van der Waals surface area contributed by atoms with Crippen LogP contribution in [0.25, 0.3) is 0 Å². The first-order valence-corrected chi connectivity index (χ1v) is 10.7. The minimum atomic E-state index is -0.496. The number of hydrogen-bond acceptors (Lipinski definition) is 2. The first-order chi connectivity index (χ1) is 14.1. The molecular formula is C23H31ClN4O2. The Balaban J connectivity index is 1.93. The van der Waals surface area contributed by atoms with E-state index in [9.17, 15) is 9.59 Å². The highest BCUT2D eigenvalue weighted by Crippen LogP contribution is 2.36. The van der Waals surface area contributed by atoms with Gasteiger partial charge in [0, 0.05) is 41.6 Å². The largest absolute Gasteiger partial charge is 0.348 e. The molecule has 0 aliphatic carbocycles. The van der Waals surface area contributed by atoms with Crippen LogP contribution < -0.4 is 5.32 Å². The van der Waals surface area contributed by atoms with E-state index in [0.29, 0.717) is 18.1 Å². The maximum absolute atomic E-state index is 13.5. The van der Waals surface area contributed by atoms with Crippen molar-refractivity contribution in [2.75, 3.05) is 13.1 Å². The van der Waals surface area contributed by atoms with E-state index in [0.717, 1.165) is 11.3 Å². The van der Waals surface area contributed by atoms with E-state index in [2.05, 4.69) is 9.88 Å². The summed E-state index contributed by atoms with van der Waals surface area (Å²) in [5.41, 5.74) is 1.42. The van der Waals surface area contributed by atoms with Crippen LogP contribution in [0.15, 0.2) is 42.6 Å². The van der Waals surface area contributed by atoms with Crippen LogP contribution in [0.2, 0.25) is 5.02 Å². The second kappa shape index (κ2) is 8.72. The average molecular weight is 431 g/mol. The van der Waals surface area contributed by atoms with Crippen molar-refractivity contribution in [3.8, 4) is 0 Å². The normalized spacial score (nSPS) is 16.4. The summed E-state index contributed by atoms with van der Waals surface area (Å²) >= 11 is 6.53. The van der Waals surface area contributed by atoms with Crippen molar-refractivity contribution in [3.63, 3.8) is 0 Å². The van der Waals surface area contributed by atoms with Crippen LogP contribution in [-0.4, -0.2) is 51.0 Å². The van der Waals surface area contributed by atoms with Gasteiger partial charge in [0.2, 0.25) is 5.91 Å². The van der Waals surface area contributed by atoms with E-state index >= 15 is 0 Å². The van der Waals surface area contributed by atoms with Gasteiger partial charge in [0.1, 0.15) is 6.54 Å². The molecule has 0 spiro atoms. The standard InChI is InChI=1S/C23H31ClN4O2/c1-16(2)25-22(30)28(23(3,4)5)15-20(29)27-14-13-26-12-8-11-19(26)21(27)17-9-6-7-10-18(17)24/h6-12,16,21H,13-15H2,1-5H3,(H,25,30). The number of fused-ring (bicyclic) bond motifs is 1. The summed E-state index contributed by atoms with van der Waals surface area (Å²) in [6.45, 7) is 10.9. The number of amides is 3. The van der Waals surface area contributed by atoms with Crippen LogP contribution in [0.1, 0.15) is 51.9 Å². The van der Waals surface area contributed by atoms with E-state index in [-0.39, 0.29) is 30.6 Å². The lowest BCUT2D eigenvalue weighted by Crippen LogP contribution is -2.56. The van der Waals surface area contributed by atoms with Crippen LogP contribution >= 0.6 is 11.6 Å². The van der Waals surface area contributed by atoms with Gasteiger partial charge in [-0.15, -0.1) is 0 Å². The summed E-state index contributed by atoms with van der Waals surface area (Å²) in [4.78, 5) is 29.8. The highest BCUT2D eigenvalue weighted by atomic mass is 35.5. The molecule has 1 aliphatic heterocycles. The van der Waals surface area contributed by atoms with Gasteiger partial charge in [-0.2, -0.15) is 0 Å². The Morgan fingerprint density at radius 3 is 2.50 bits per heavy atom. The molecule has 1 unspecified atom stereocenters. The Kier molecular flexibility index (Phi) is 6.46. The highest BCUT2D eigenvalue weighted by molar-refractivity contribution is 6.31. The number of carbonyl (C=O) groups is 2. The summed E-state index contributed by atoms with van der Waals surface area (Å²) in [5, 5.41) is 3.54. The molecule has 1 aromatic heterocycles. The van der Waals surface area contributed by atoms with Crippen molar-refractivity contribution in [2.45, 2.75) is 58.8 Å². The number of nitrogens with zero attached hydrogens (tertiary/aromatic N) is 3. The molecule has 7 heteroatoms. The molecular weight excluding hydrogens is 400 g/mol. The zero-order valence-electron chi connectivity index (χ0n) is 18.4. The van der Waals surface area contributed by atoms with Crippen LogP contribution in [0.3, 0.4) is 0 Å². The molecule has 1 N–H and O–H groups in total. The number of hydrogen-bond donors (Lipinski definition) is 1. The minimum Gasteiger partial charge on any atom is -0.348 e. The van der Waals surface area contributed by atoms with Crippen LogP contribution in [0.5, 0.6) is 0 Å². The van der Waals surface area contributed by atoms with Gasteiger partial charge in [-0.1, -0.05) is 29.8 Å². The predicted molar refractivity (Wildman–Crippen MR) is 120 cm³/mol. The zero-order valence-corrected chi connectivity index (χ0v) is 19.1. The summed E-state index contributed by atoms with van der Waals surface area (Å²) < 4.78 is 2.16. The lowest BCUT2D eigenvalue weighted by Gasteiger charge is -2.41. The van der Waals surface area contributed by atoms with Gasteiger partial charge in [0.25, 0.3) is 0 Å². The number of rotatable bonds is 4. The summed E-state index contributed by atoms with van der Waals surface area (Å²) in [6.07, 6.45) is 2.03. The van der Waals surface area contributed by atoms with E-state index in [4.69, 9.17) is 11.6 Å². The quantitative estimate of drug-likeness (QED) is 0.786. The van der Waals surface area contributed by atoms with Crippen molar-refractivity contribution in [2.24, 2.45) is 0 Å². The molecule has 0 saturated heterocycles. The summed E-state index contributed by atoms with van der Waals surface area (Å²) in [5.74, 6) is -0.0961. The molecule has 30 heavy (non-hydrogen) atoms. The Labute approximate surface area is 183 Å². The van der Waals surface area contributed by atoms with Gasteiger partial charge in [-0.25, -0.2) is 4.79 Å². The van der Waals surface area contributed by atoms with Crippen LogP contribution in [0.4, 0.5) is 4.79 Å². The van der Waals surface area contributed by atoms with Gasteiger partial charge in [-0.05, 0) is 58.4 Å². The summed E-state index contributed by atoms with van der Waals surface area (Å²) in [7, 11) is 0. The number of aromatic nitrogens is 1. The molecule has 0 bridgehead atoms. The molecule has 2 heterocycles. The first-order valence-electron chi connectivity index (χ1n) is 10.4. The SMILES string of the molecule is CC(C)NC(=O)N(CC(=O)N1CCn2cccc2C1c1ccccc1Cl)C(C)(C)C. The molecule has 162 valence electrons. The van der Waals surface area contributed by atoms with Gasteiger partial charge in [0.15, 0.2) is 0 Å². The molecule has 6 nitrogen and oxygen atoms in total. The second-order valence-electron chi connectivity index (χ2n) is 9.00. The molecule has 3 rings (SSSR count). The van der Waals surface area contributed by atoms with E-state index in [1.165, 1.54) is 0 Å². The predicted octanol–water partition coefficient (Wildman–Crippen LogP) is 4.29. The fraction of sp³-hybridized carbons (Fsp3) is 0.478. The monoisotopic (exact) mass is 430 g/mol. The highest BCUT2D eigenvalue weighted by Gasteiger charge is 2.36. The third-order valence-corrected chi connectivity index (χ3v) is 5.66. The van der Waals surface area contributed by atoms with Gasteiger partial charge in [-0.3, -0.25) is 4.79 Å². The Bertz CT molecular complexity index is 916. The number of nitrogens with one attached hydrogen (secondary N) is 1. The lowest BCUT2D eigenvalue weighted by atomic mass is 9.99. The Hall–Kier alpha value is -2.47. The van der Waals surface area contributed by atoms with Crippen molar-refractivity contribution < 1.29 is 9.59 Å². The van der Waals surface area contributed by atoms with E-state index < -0.39 is 5.54 Å². The molecule has 3 amide bonds. The van der Waals surface area contributed by atoms with Crippen molar-refractivity contribution in [1.82, 2.24) is 19.7 Å². The Morgan fingerprint density at radius 2 is 1.87 bits per heavy atom. The van der Waals surface area contributed by atoms with Gasteiger partial charge < -0.3 is 19.7 Å². The third kappa shape index (κ3) is 4.64. The lowest BCUT2D eigenvalue weighted by molar-refractivity contribution is -0.135. The molecule has 1 aromatic carbocycles. The maximum Gasteiger partial charge on any atom is 0.318 e. The fourth-order valence-electron chi connectivity index (χ4n) is 3.84. The summed E-state index contributed by atoms with van der Waals surface area (Å²) in [6, 6.07) is 11.1. The number of halogens is 1.